The van der Waals surface area contributed by atoms with Gasteiger partial charge in [0, 0.05) is 76.3 Å². The number of ether oxygens (including phenoxy) is 1. The molecule has 2 saturated carbocycles. The normalized spacial score (nSPS) is 47.2. The van der Waals surface area contributed by atoms with Crippen LogP contribution in [0.1, 0.15) is 45.4 Å². The van der Waals surface area contributed by atoms with Gasteiger partial charge in [0.15, 0.2) is 0 Å². The van der Waals surface area contributed by atoms with E-state index in [0.29, 0.717) is 35.6 Å². The van der Waals surface area contributed by atoms with Crippen molar-refractivity contribution in [2.45, 2.75) is 69.9 Å². The molecule has 4 heterocycles. The third-order valence-electron chi connectivity index (χ3n) is 10.2. The maximum atomic E-state index is 13.4. The lowest BCUT2D eigenvalue weighted by molar-refractivity contribution is -0.135. The van der Waals surface area contributed by atoms with Crippen LogP contribution in [-0.4, -0.2) is 99.8 Å². The molecule has 0 bridgehead atoms. The Balaban J connectivity index is 1.03. The number of carbonyl (C=O) groups excluding carboxylic acids is 1. The smallest absolute Gasteiger partial charge is 0.227 e. The Morgan fingerprint density at radius 1 is 1.09 bits per heavy atom. The van der Waals surface area contributed by atoms with Crippen LogP contribution in [0.15, 0.2) is 0 Å². The minimum absolute atomic E-state index is 0.00553. The summed E-state index contributed by atoms with van der Waals surface area (Å²) in [4.78, 5) is 16.1. The van der Waals surface area contributed by atoms with E-state index >= 15 is 0 Å². The van der Waals surface area contributed by atoms with Gasteiger partial charge in [-0.1, -0.05) is 12.8 Å². The van der Waals surface area contributed by atoms with Crippen molar-refractivity contribution < 1.29 is 9.53 Å². The maximum Gasteiger partial charge on any atom is 0.227 e. The second kappa shape index (κ2) is 9.25. The number of hydrogen-bond donors (Lipinski definition) is 5. The SMILES string of the molecule is CCOC1CC2NN(C)CC2CC1C(=O)NC1CNC(N2CC34CCCCC3(CNC4)C2)CN1. The second-order valence-electron chi connectivity index (χ2n) is 12.1. The Labute approximate surface area is 204 Å². The molecule has 4 saturated heterocycles. The van der Waals surface area contributed by atoms with Gasteiger partial charge in [0.1, 0.15) is 0 Å². The molecular formula is C25H45N7O2. The van der Waals surface area contributed by atoms with Crippen LogP contribution in [0.5, 0.6) is 0 Å². The van der Waals surface area contributed by atoms with Gasteiger partial charge >= 0.3 is 0 Å². The molecule has 34 heavy (non-hydrogen) atoms. The highest BCUT2D eigenvalue weighted by Gasteiger charge is 2.61. The fourth-order valence-corrected chi connectivity index (χ4v) is 8.47. The Morgan fingerprint density at radius 2 is 1.85 bits per heavy atom. The molecule has 0 aromatic rings. The molecule has 8 unspecified atom stereocenters. The molecule has 0 aromatic heterocycles. The van der Waals surface area contributed by atoms with Gasteiger partial charge in [-0.3, -0.25) is 25.8 Å². The van der Waals surface area contributed by atoms with Crippen molar-refractivity contribution in [1.82, 2.24) is 36.6 Å². The Hall–Kier alpha value is -0.810. The number of hydrazine groups is 1. The summed E-state index contributed by atoms with van der Waals surface area (Å²) >= 11 is 0. The summed E-state index contributed by atoms with van der Waals surface area (Å²) in [5.41, 5.74) is 4.50. The van der Waals surface area contributed by atoms with Crippen molar-refractivity contribution >= 4 is 5.91 Å². The minimum atomic E-state index is -0.0687. The van der Waals surface area contributed by atoms with E-state index in [4.69, 9.17) is 4.74 Å². The summed E-state index contributed by atoms with van der Waals surface area (Å²) in [5, 5.41) is 16.6. The van der Waals surface area contributed by atoms with Gasteiger partial charge in [-0.05, 0) is 38.5 Å². The molecule has 9 nitrogen and oxygen atoms in total. The topological polar surface area (TPSA) is 92.9 Å². The Kier molecular flexibility index (Phi) is 6.41. The molecule has 9 heteroatoms. The predicted octanol–water partition coefficient (Wildman–Crippen LogP) is -0.337. The minimum Gasteiger partial charge on any atom is -0.378 e. The first kappa shape index (κ1) is 23.6. The highest BCUT2D eigenvalue weighted by molar-refractivity contribution is 5.79. The molecule has 1 amide bonds. The van der Waals surface area contributed by atoms with Gasteiger partial charge < -0.3 is 15.4 Å². The van der Waals surface area contributed by atoms with Crippen molar-refractivity contribution in [2.75, 3.05) is 59.5 Å². The zero-order valence-corrected chi connectivity index (χ0v) is 21.1. The number of rotatable bonds is 5. The van der Waals surface area contributed by atoms with E-state index in [-0.39, 0.29) is 24.1 Å². The van der Waals surface area contributed by atoms with Crippen molar-refractivity contribution in [1.29, 1.82) is 0 Å². The monoisotopic (exact) mass is 475 g/mol. The fourth-order valence-electron chi connectivity index (χ4n) is 8.47. The van der Waals surface area contributed by atoms with Crippen molar-refractivity contribution in [3.05, 3.63) is 0 Å². The quantitative estimate of drug-likeness (QED) is 0.369. The number of piperazine rings is 1. The van der Waals surface area contributed by atoms with E-state index in [9.17, 15) is 4.79 Å². The van der Waals surface area contributed by atoms with Crippen LogP contribution in [0.4, 0.5) is 0 Å². The lowest BCUT2D eigenvalue weighted by Gasteiger charge is -2.42. The standard InChI is InChI=1S/C25H45N7O2/c1-3-34-20-9-19-17(12-31(2)30-19)8-18(20)23(33)29-21-10-28-22(11-27-21)32-15-24-6-4-5-7-25(24,16-32)14-26-13-24/h17-22,26-28,30H,3-16H2,1-2H3,(H,29,33). The molecule has 5 N–H and O–H groups in total. The first-order chi connectivity index (χ1) is 16.5. The summed E-state index contributed by atoms with van der Waals surface area (Å²) in [6.45, 7) is 10.1. The molecular weight excluding hydrogens is 430 g/mol. The maximum absolute atomic E-state index is 13.4. The van der Waals surface area contributed by atoms with Crippen LogP contribution in [0.3, 0.4) is 0 Å². The van der Waals surface area contributed by atoms with Crippen LogP contribution in [-0.2, 0) is 9.53 Å². The lowest BCUT2D eigenvalue weighted by Crippen LogP contribution is -2.66. The van der Waals surface area contributed by atoms with Gasteiger partial charge in [-0.15, -0.1) is 0 Å². The van der Waals surface area contributed by atoms with E-state index < -0.39 is 0 Å². The zero-order valence-electron chi connectivity index (χ0n) is 21.1. The average molecular weight is 476 g/mol. The molecule has 192 valence electrons. The highest BCUT2D eigenvalue weighted by Crippen LogP contribution is 2.57. The summed E-state index contributed by atoms with van der Waals surface area (Å²) in [7, 11) is 2.09. The van der Waals surface area contributed by atoms with Gasteiger partial charge in [0.05, 0.1) is 24.4 Å². The van der Waals surface area contributed by atoms with E-state index in [1.165, 1.54) is 51.9 Å². The molecule has 0 radical (unpaired) electrons. The van der Waals surface area contributed by atoms with Crippen LogP contribution < -0.4 is 26.7 Å². The molecule has 6 fully saturated rings. The number of nitrogens with zero attached hydrogens (tertiary/aromatic N) is 2. The number of likely N-dealkylation sites (tertiary alicyclic amines) is 1. The largest absolute Gasteiger partial charge is 0.378 e. The average Bonchev–Trinajstić information content (AvgIpc) is 3.47. The van der Waals surface area contributed by atoms with Crippen molar-refractivity contribution in [3.8, 4) is 0 Å². The van der Waals surface area contributed by atoms with Crippen LogP contribution >= 0.6 is 0 Å². The number of nitrogens with one attached hydrogen (secondary N) is 5. The lowest BCUT2D eigenvalue weighted by atomic mass is 9.60. The molecule has 6 aliphatic rings. The van der Waals surface area contributed by atoms with Gasteiger partial charge in [-0.25, -0.2) is 5.01 Å². The predicted molar refractivity (Wildman–Crippen MR) is 131 cm³/mol. The molecule has 8 atom stereocenters. The van der Waals surface area contributed by atoms with Crippen molar-refractivity contribution in [2.24, 2.45) is 22.7 Å². The molecule has 0 spiro atoms. The van der Waals surface area contributed by atoms with Gasteiger partial charge in [-0.2, -0.15) is 0 Å². The van der Waals surface area contributed by atoms with E-state index in [1.807, 2.05) is 6.92 Å². The number of hydrogen-bond acceptors (Lipinski definition) is 8. The van der Waals surface area contributed by atoms with E-state index in [0.717, 1.165) is 32.5 Å². The van der Waals surface area contributed by atoms with Gasteiger partial charge in [0.2, 0.25) is 5.91 Å². The molecule has 6 rings (SSSR count). The summed E-state index contributed by atoms with van der Waals surface area (Å²) in [6.07, 6.45) is 7.68. The summed E-state index contributed by atoms with van der Waals surface area (Å²) < 4.78 is 6.05. The van der Waals surface area contributed by atoms with Crippen LogP contribution in [0.2, 0.25) is 0 Å². The summed E-state index contributed by atoms with van der Waals surface area (Å²) in [6, 6.07) is 0.429. The molecule has 0 aromatic carbocycles. The van der Waals surface area contributed by atoms with Crippen LogP contribution in [0.25, 0.3) is 0 Å². The highest BCUT2D eigenvalue weighted by atomic mass is 16.5. The second-order valence-corrected chi connectivity index (χ2v) is 12.1. The number of carbonyl (C=O) groups is 1. The molecule has 2 aliphatic carbocycles. The number of amides is 1. The molecule has 4 aliphatic heterocycles. The zero-order chi connectivity index (χ0) is 23.3. The third-order valence-corrected chi connectivity index (χ3v) is 10.2. The Morgan fingerprint density at radius 3 is 2.53 bits per heavy atom. The van der Waals surface area contributed by atoms with E-state index in [2.05, 4.69) is 43.6 Å². The number of fused-ring (bicyclic) bond motifs is 1. The van der Waals surface area contributed by atoms with Gasteiger partial charge in [0.25, 0.3) is 0 Å². The fraction of sp³-hybridized carbons (Fsp3) is 0.960. The van der Waals surface area contributed by atoms with E-state index in [1.54, 1.807) is 0 Å². The first-order valence-electron chi connectivity index (χ1n) is 13.8. The Bertz CT molecular complexity index is 740. The first-order valence-corrected chi connectivity index (χ1v) is 13.8. The van der Waals surface area contributed by atoms with Crippen molar-refractivity contribution in [3.63, 3.8) is 0 Å². The third kappa shape index (κ3) is 4.01. The van der Waals surface area contributed by atoms with Crippen LogP contribution in [0, 0.1) is 22.7 Å². The summed E-state index contributed by atoms with van der Waals surface area (Å²) in [5.74, 6) is 0.598.